The highest BCUT2D eigenvalue weighted by molar-refractivity contribution is 5.90. The molecule has 134 valence electrons. The Morgan fingerprint density at radius 2 is 2.00 bits per heavy atom. The summed E-state index contributed by atoms with van der Waals surface area (Å²) in [4.78, 5) is 14.7. The van der Waals surface area contributed by atoms with Crippen molar-refractivity contribution in [1.82, 2.24) is 14.7 Å². The predicted molar refractivity (Wildman–Crippen MR) is 94.7 cm³/mol. The van der Waals surface area contributed by atoms with E-state index in [-0.39, 0.29) is 17.9 Å². The van der Waals surface area contributed by atoms with Crippen molar-refractivity contribution in [2.45, 2.75) is 19.4 Å². The summed E-state index contributed by atoms with van der Waals surface area (Å²) in [6, 6.07) is 8.37. The van der Waals surface area contributed by atoms with E-state index in [1.807, 2.05) is 26.1 Å². The number of carbonyl (C=O) groups excluding carboxylic acids is 1. The highest BCUT2D eigenvalue weighted by atomic mass is 16.5. The smallest absolute Gasteiger partial charge is 0.341 e. The Kier molecular flexibility index (Phi) is 5.08. The largest absolute Gasteiger partial charge is 0.497 e. The topological polar surface area (TPSA) is 56.6 Å². The van der Waals surface area contributed by atoms with E-state index in [1.165, 1.54) is 5.56 Å². The van der Waals surface area contributed by atoms with Crippen molar-refractivity contribution in [2.75, 3.05) is 27.3 Å². The molecule has 1 aliphatic heterocycles. The van der Waals surface area contributed by atoms with Crippen LogP contribution in [0.4, 0.5) is 0 Å². The molecule has 0 aliphatic carbocycles. The Bertz CT molecular complexity index is 739. The lowest BCUT2D eigenvalue weighted by molar-refractivity contribution is 0.0411. The molecule has 2 atom stereocenters. The molecule has 3 rings (SSSR count). The van der Waals surface area contributed by atoms with Gasteiger partial charge in [-0.25, -0.2) is 4.79 Å². The second-order valence-electron chi connectivity index (χ2n) is 6.61. The van der Waals surface area contributed by atoms with Crippen LogP contribution < -0.4 is 4.74 Å². The van der Waals surface area contributed by atoms with Crippen LogP contribution in [0.2, 0.25) is 0 Å². The number of aryl methyl sites for hydroxylation is 1. The lowest BCUT2D eigenvalue weighted by Crippen LogP contribution is -2.24. The number of esters is 1. The molecular weight excluding hydrogens is 318 g/mol. The number of rotatable bonds is 5. The van der Waals surface area contributed by atoms with Gasteiger partial charge in [-0.05, 0) is 44.6 Å². The predicted octanol–water partition coefficient (Wildman–Crippen LogP) is 2.59. The Labute approximate surface area is 148 Å². The van der Waals surface area contributed by atoms with Crippen LogP contribution in [-0.4, -0.2) is 48.0 Å². The van der Waals surface area contributed by atoms with Gasteiger partial charge in [0.2, 0.25) is 0 Å². The highest BCUT2D eigenvalue weighted by Crippen LogP contribution is 2.37. The summed E-state index contributed by atoms with van der Waals surface area (Å²) >= 11 is 0. The maximum absolute atomic E-state index is 12.3. The van der Waals surface area contributed by atoms with Crippen molar-refractivity contribution in [2.24, 2.45) is 13.0 Å². The molecule has 6 nitrogen and oxygen atoms in total. The second kappa shape index (κ2) is 7.27. The standard InChI is InChI=1S/C19H25N3O3/c1-13-17(11-20-22(13)3)19(23)25-12-15-9-10-21(2)18(15)14-5-7-16(24-4)8-6-14/h5-8,11,15,18H,9-10,12H2,1-4H3/t15-,18+/m1/s1. The SMILES string of the molecule is COc1ccc([C@H]2[C@@H](COC(=O)c3cnn(C)c3C)CCN2C)cc1. The van der Waals surface area contributed by atoms with Crippen LogP contribution in [0, 0.1) is 12.8 Å². The Balaban J connectivity index is 1.68. The molecule has 25 heavy (non-hydrogen) atoms. The summed E-state index contributed by atoms with van der Waals surface area (Å²) in [5.41, 5.74) is 2.58. The first kappa shape index (κ1) is 17.5. The van der Waals surface area contributed by atoms with Gasteiger partial charge in [0.25, 0.3) is 0 Å². The summed E-state index contributed by atoms with van der Waals surface area (Å²) < 4.78 is 12.5. The first-order valence-corrected chi connectivity index (χ1v) is 8.51. The Hall–Kier alpha value is -2.34. The third kappa shape index (κ3) is 3.54. The number of hydrogen-bond donors (Lipinski definition) is 0. The molecule has 2 aromatic rings. The summed E-state index contributed by atoms with van der Waals surface area (Å²) in [6.45, 7) is 3.27. The lowest BCUT2D eigenvalue weighted by atomic mass is 9.94. The number of carbonyl (C=O) groups is 1. The summed E-state index contributed by atoms with van der Waals surface area (Å²) in [5, 5.41) is 4.10. The van der Waals surface area contributed by atoms with Gasteiger partial charge in [0.05, 0.1) is 19.9 Å². The van der Waals surface area contributed by atoms with Gasteiger partial charge in [-0.1, -0.05) is 12.1 Å². The van der Waals surface area contributed by atoms with Gasteiger partial charge < -0.3 is 9.47 Å². The van der Waals surface area contributed by atoms with Crippen LogP contribution in [0.5, 0.6) is 5.75 Å². The van der Waals surface area contributed by atoms with Gasteiger partial charge in [-0.15, -0.1) is 0 Å². The van der Waals surface area contributed by atoms with Crippen molar-refractivity contribution >= 4 is 5.97 Å². The fourth-order valence-corrected chi connectivity index (χ4v) is 3.49. The van der Waals surface area contributed by atoms with Crippen molar-refractivity contribution in [1.29, 1.82) is 0 Å². The number of methoxy groups -OCH3 is 1. The quantitative estimate of drug-likeness (QED) is 0.781. The molecule has 0 amide bonds. The van der Waals surface area contributed by atoms with Crippen LogP contribution in [0.15, 0.2) is 30.5 Å². The van der Waals surface area contributed by atoms with E-state index in [0.717, 1.165) is 24.4 Å². The first-order valence-electron chi connectivity index (χ1n) is 8.51. The number of hydrogen-bond acceptors (Lipinski definition) is 5. The van der Waals surface area contributed by atoms with E-state index in [4.69, 9.17) is 9.47 Å². The molecule has 6 heteroatoms. The van der Waals surface area contributed by atoms with Gasteiger partial charge in [0.1, 0.15) is 11.3 Å². The number of ether oxygens (including phenoxy) is 2. The summed E-state index contributed by atoms with van der Waals surface area (Å²) in [7, 11) is 5.60. The van der Waals surface area contributed by atoms with Crippen LogP contribution in [0.1, 0.15) is 34.1 Å². The van der Waals surface area contributed by atoms with Gasteiger partial charge in [-0.3, -0.25) is 9.58 Å². The summed E-state index contributed by atoms with van der Waals surface area (Å²) in [6.07, 6.45) is 2.58. The van der Waals surface area contributed by atoms with Crippen LogP contribution in [0.3, 0.4) is 0 Å². The van der Waals surface area contributed by atoms with Gasteiger partial charge in [-0.2, -0.15) is 5.10 Å². The Morgan fingerprint density at radius 1 is 1.28 bits per heavy atom. The zero-order chi connectivity index (χ0) is 18.0. The monoisotopic (exact) mass is 343 g/mol. The van der Waals surface area contributed by atoms with Crippen LogP contribution in [0.25, 0.3) is 0 Å². The molecule has 1 aliphatic rings. The van der Waals surface area contributed by atoms with E-state index < -0.39 is 0 Å². The van der Waals surface area contributed by atoms with Crippen molar-refractivity contribution in [3.8, 4) is 5.75 Å². The Morgan fingerprint density at radius 3 is 2.60 bits per heavy atom. The molecule has 0 bridgehead atoms. The maximum Gasteiger partial charge on any atom is 0.341 e. The molecule has 0 spiro atoms. The van der Waals surface area contributed by atoms with Gasteiger partial charge >= 0.3 is 5.97 Å². The van der Waals surface area contributed by atoms with E-state index in [9.17, 15) is 4.79 Å². The second-order valence-corrected chi connectivity index (χ2v) is 6.61. The number of aromatic nitrogens is 2. The average molecular weight is 343 g/mol. The van der Waals surface area contributed by atoms with Crippen molar-refractivity contribution < 1.29 is 14.3 Å². The van der Waals surface area contributed by atoms with Gasteiger partial charge in [0.15, 0.2) is 0 Å². The molecule has 2 heterocycles. The lowest BCUT2D eigenvalue weighted by Gasteiger charge is -2.25. The van der Waals surface area contributed by atoms with Crippen molar-refractivity contribution in [3.63, 3.8) is 0 Å². The fraction of sp³-hybridized carbons (Fsp3) is 0.474. The van der Waals surface area contributed by atoms with Crippen LogP contribution in [-0.2, 0) is 11.8 Å². The van der Waals surface area contributed by atoms with E-state index in [2.05, 4.69) is 29.2 Å². The summed E-state index contributed by atoms with van der Waals surface area (Å²) in [5.74, 6) is 0.826. The highest BCUT2D eigenvalue weighted by Gasteiger charge is 2.34. The molecule has 1 aromatic carbocycles. The van der Waals surface area contributed by atoms with Crippen LogP contribution >= 0.6 is 0 Å². The number of nitrogens with zero attached hydrogens (tertiary/aromatic N) is 3. The normalized spacial score (nSPS) is 20.6. The molecule has 0 saturated carbocycles. The molecule has 0 radical (unpaired) electrons. The fourth-order valence-electron chi connectivity index (χ4n) is 3.49. The minimum absolute atomic E-state index is 0.244. The first-order chi connectivity index (χ1) is 12.0. The van der Waals surface area contributed by atoms with E-state index in [0.29, 0.717) is 12.2 Å². The third-order valence-electron chi connectivity index (χ3n) is 5.11. The van der Waals surface area contributed by atoms with E-state index in [1.54, 1.807) is 18.0 Å². The number of likely N-dealkylation sites (tertiary alicyclic amines) is 1. The average Bonchev–Trinajstić information content (AvgIpc) is 3.16. The zero-order valence-electron chi connectivity index (χ0n) is 15.2. The minimum atomic E-state index is -0.298. The zero-order valence-corrected chi connectivity index (χ0v) is 15.2. The third-order valence-corrected chi connectivity index (χ3v) is 5.11. The molecule has 1 fully saturated rings. The van der Waals surface area contributed by atoms with E-state index >= 15 is 0 Å². The maximum atomic E-state index is 12.3. The van der Waals surface area contributed by atoms with Gasteiger partial charge in [0, 0.05) is 24.7 Å². The molecular formula is C19H25N3O3. The molecule has 1 aromatic heterocycles. The molecule has 1 saturated heterocycles. The van der Waals surface area contributed by atoms with Crippen molar-refractivity contribution in [3.05, 3.63) is 47.3 Å². The number of benzene rings is 1. The molecule has 0 unspecified atom stereocenters. The molecule has 0 N–H and O–H groups in total. The minimum Gasteiger partial charge on any atom is -0.497 e.